The van der Waals surface area contributed by atoms with Crippen LogP contribution in [0.25, 0.3) is 0 Å². The third-order valence-corrected chi connectivity index (χ3v) is 4.45. The molecule has 0 aromatic rings. The van der Waals surface area contributed by atoms with Crippen LogP contribution in [0.1, 0.15) is 32.1 Å². The molecule has 3 aliphatic rings. The van der Waals surface area contributed by atoms with E-state index in [2.05, 4.69) is 10.2 Å². The van der Waals surface area contributed by atoms with Crippen LogP contribution in [0, 0.1) is 5.41 Å². The van der Waals surface area contributed by atoms with Crippen LogP contribution in [-0.4, -0.2) is 37.1 Å². The van der Waals surface area contributed by atoms with Crippen LogP contribution in [0.4, 0.5) is 0 Å². The van der Waals surface area contributed by atoms with Gasteiger partial charge in [-0.3, -0.25) is 0 Å². The third kappa shape index (κ3) is 1.31. The number of rotatable bonds is 1. The van der Waals surface area contributed by atoms with E-state index in [-0.39, 0.29) is 0 Å². The zero-order chi connectivity index (χ0) is 8.73. The van der Waals surface area contributed by atoms with Crippen LogP contribution in [0.15, 0.2) is 0 Å². The lowest BCUT2D eigenvalue weighted by Crippen LogP contribution is -2.59. The highest BCUT2D eigenvalue weighted by Crippen LogP contribution is 2.37. The van der Waals surface area contributed by atoms with Gasteiger partial charge in [-0.25, -0.2) is 0 Å². The molecular formula is C11H20N2. The van der Waals surface area contributed by atoms with Crippen molar-refractivity contribution in [3.05, 3.63) is 0 Å². The molecule has 1 saturated carbocycles. The fourth-order valence-corrected chi connectivity index (χ4v) is 2.95. The molecule has 1 N–H and O–H groups in total. The van der Waals surface area contributed by atoms with Gasteiger partial charge in [0.05, 0.1) is 0 Å². The average Bonchev–Trinajstić information content (AvgIpc) is 2.00. The molecule has 2 nitrogen and oxygen atoms in total. The van der Waals surface area contributed by atoms with E-state index in [1.807, 2.05) is 0 Å². The van der Waals surface area contributed by atoms with E-state index in [1.54, 1.807) is 0 Å². The van der Waals surface area contributed by atoms with E-state index in [0.29, 0.717) is 0 Å². The van der Waals surface area contributed by atoms with Gasteiger partial charge >= 0.3 is 0 Å². The Balaban J connectivity index is 1.54. The monoisotopic (exact) mass is 180 g/mol. The molecule has 1 spiro atoms. The van der Waals surface area contributed by atoms with E-state index >= 15 is 0 Å². The van der Waals surface area contributed by atoms with Crippen molar-refractivity contribution in [2.75, 3.05) is 26.2 Å². The van der Waals surface area contributed by atoms with E-state index in [1.165, 1.54) is 58.3 Å². The summed E-state index contributed by atoms with van der Waals surface area (Å²) in [4.78, 5) is 2.74. The summed E-state index contributed by atoms with van der Waals surface area (Å²) in [6, 6.07) is 0.977. The molecule has 0 aromatic heterocycles. The lowest BCUT2D eigenvalue weighted by molar-refractivity contribution is 0.0154. The molecular weight excluding hydrogens is 160 g/mol. The Hall–Kier alpha value is -0.0800. The molecule has 2 saturated heterocycles. The Morgan fingerprint density at radius 3 is 2.15 bits per heavy atom. The van der Waals surface area contributed by atoms with E-state index in [4.69, 9.17) is 0 Å². The summed E-state index contributed by atoms with van der Waals surface area (Å²) in [5, 5.41) is 3.43. The number of hydrogen-bond acceptors (Lipinski definition) is 2. The molecule has 0 amide bonds. The highest BCUT2D eigenvalue weighted by atomic mass is 15.2. The van der Waals surface area contributed by atoms with Crippen molar-refractivity contribution in [2.45, 2.75) is 38.1 Å². The second kappa shape index (κ2) is 2.96. The molecule has 3 rings (SSSR count). The first-order chi connectivity index (χ1) is 6.38. The molecule has 0 bridgehead atoms. The topological polar surface area (TPSA) is 15.3 Å². The Kier molecular flexibility index (Phi) is 1.88. The maximum atomic E-state index is 3.43. The molecule has 0 atom stereocenters. The second-order valence-electron chi connectivity index (χ2n) is 5.22. The van der Waals surface area contributed by atoms with Gasteiger partial charge in [0, 0.05) is 19.1 Å². The van der Waals surface area contributed by atoms with Crippen LogP contribution in [0.2, 0.25) is 0 Å². The molecule has 74 valence electrons. The average molecular weight is 180 g/mol. The first-order valence-electron chi connectivity index (χ1n) is 5.83. The van der Waals surface area contributed by atoms with Crippen molar-refractivity contribution in [2.24, 2.45) is 5.41 Å². The predicted octanol–water partition coefficient (Wildman–Crippen LogP) is 1.22. The molecule has 3 fully saturated rings. The standard InChI is InChI=1S/C11H20N2/c1-2-10(3-1)13-6-4-11(5-7-13)8-12-9-11/h10,12H,1-9H2. The van der Waals surface area contributed by atoms with Gasteiger partial charge in [-0.15, -0.1) is 0 Å². The number of hydrogen-bond donors (Lipinski definition) is 1. The van der Waals surface area contributed by atoms with Crippen LogP contribution in [-0.2, 0) is 0 Å². The van der Waals surface area contributed by atoms with Gasteiger partial charge in [-0.05, 0) is 44.2 Å². The first kappa shape index (κ1) is 8.25. The van der Waals surface area contributed by atoms with Crippen molar-refractivity contribution >= 4 is 0 Å². The lowest BCUT2D eigenvalue weighted by atomic mass is 9.72. The lowest BCUT2D eigenvalue weighted by Gasteiger charge is -2.51. The van der Waals surface area contributed by atoms with Crippen LogP contribution >= 0.6 is 0 Å². The minimum Gasteiger partial charge on any atom is -0.316 e. The van der Waals surface area contributed by atoms with Gasteiger partial charge in [0.2, 0.25) is 0 Å². The second-order valence-corrected chi connectivity index (χ2v) is 5.22. The van der Waals surface area contributed by atoms with E-state index in [9.17, 15) is 0 Å². The summed E-state index contributed by atoms with van der Waals surface area (Å²) < 4.78 is 0. The Morgan fingerprint density at radius 2 is 1.77 bits per heavy atom. The minimum atomic E-state index is 0.736. The van der Waals surface area contributed by atoms with Crippen molar-refractivity contribution < 1.29 is 0 Å². The summed E-state index contributed by atoms with van der Waals surface area (Å²) >= 11 is 0. The summed E-state index contributed by atoms with van der Waals surface area (Å²) in [6.07, 6.45) is 7.34. The van der Waals surface area contributed by atoms with Gasteiger partial charge in [0.15, 0.2) is 0 Å². The smallest absolute Gasteiger partial charge is 0.00952 e. The summed E-state index contributed by atoms with van der Waals surface area (Å²) in [5.74, 6) is 0. The Bertz CT molecular complexity index is 184. The maximum Gasteiger partial charge on any atom is 0.00952 e. The molecule has 0 aromatic carbocycles. The quantitative estimate of drug-likeness (QED) is 0.653. The van der Waals surface area contributed by atoms with Crippen molar-refractivity contribution in [1.29, 1.82) is 0 Å². The third-order valence-electron chi connectivity index (χ3n) is 4.45. The fourth-order valence-electron chi connectivity index (χ4n) is 2.95. The van der Waals surface area contributed by atoms with Crippen LogP contribution in [0.5, 0.6) is 0 Å². The summed E-state index contributed by atoms with van der Waals surface area (Å²) in [5.41, 5.74) is 0.736. The molecule has 0 radical (unpaired) electrons. The molecule has 2 heterocycles. The van der Waals surface area contributed by atoms with Gasteiger partial charge < -0.3 is 10.2 Å². The minimum absolute atomic E-state index is 0.736. The highest BCUT2D eigenvalue weighted by molar-refractivity contribution is 4.97. The molecule has 2 aliphatic heterocycles. The zero-order valence-electron chi connectivity index (χ0n) is 8.39. The number of nitrogens with one attached hydrogen (secondary N) is 1. The maximum absolute atomic E-state index is 3.43. The highest BCUT2D eigenvalue weighted by Gasteiger charge is 2.41. The fraction of sp³-hybridized carbons (Fsp3) is 1.00. The largest absolute Gasteiger partial charge is 0.316 e. The number of likely N-dealkylation sites (tertiary alicyclic amines) is 1. The SMILES string of the molecule is C1CC(N2CCC3(CC2)CNC3)C1. The van der Waals surface area contributed by atoms with Crippen molar-refractivity contribution in [1.82, 2.24) is 10.2 Å². The molecule has 0 unspecified atom stereocenters. The first-order valence-corrected chi connectivity index (χ1v) is 5.83. The summed E-state index contributed by atoms with van der Waals surface area (Å²) in [7, 11) is 0. The molecule has 1 aliphatic carbocycles. The van der Waals surface area contributed by atoms with Gasteiger partial charge in [-0.2, -0.15) is 0 Å². The number of piperidine rings is 1. The number of nitrogens with zero attached hydrogens (tertiary/aromatic N) is 1. The molecule has 2 heteroatoms. The zero-order valence-corrected chi connectivity index (χ0v) is 8.39. The van der Waals surface area contributed by atoms with Crippen LogP contribution < -0.4 is 5.32 Å². The normalized spacial score (nSPS) is 34.2. The van der Waals surface area contributed by atoms with Gasteiger partial charge in [0.1, 0.15) is 0 Å². The molecule has 13 heavy (non-hydrogen) atoms. The van der Waals surface area contributed by atoms with Gasteiger partial charge in [0.25, 0.3) is 0 Å². The van der Waals surface area contributed by atoms with E-state index < -0.39 is 0 Å². The Labute approximate surface area is 80.7 Å². The predicted molar refractivity (Wildman–Crippen MR) is 53.7 cm³/mol. The van der Waals surface area contributed by atoms with Crippen molar-refractivity contribution in [3.63, 3.8) is 0 Å². The van der Waals surface area contributed by atoms with Crippen LogP contribution in [0.3, 0.4) is 0 Å². The Morgan fingerprint density at radius 1 is 1.08 bits per heavy atom. The van der Waals surface area contributed by atoms with Gasteiger partial charge in [-0.1, -0.05) is 6.42 Å². The van der Waals surface area contributed by atoms with Crippen molar-refractivity contribution in [3.8, 4) is 0 Å². The summed E-state index contributed by atoms with van der Waals surface area (Å²) in [6.45, 7) is 5.36. The van der Waals surface area contributed by atoms with E-state index in [0.717, 1.165) is 11.5 Å².